The van der Waals surface area contributed by atoms with E-state index < -0.39 is 0 Å². The average molecular weight is 204 g/mol. The molecular formula is C10H12N4O. The quantitative estimate of drug-likeness (QED) is 0.757. The van der Waals surface area contributed by atoms with E-state index in [1.165, 1.54) is 6.42 Å². The predicted octanol–water partition coefficient (Wildman–Crippen LogP) is 0.767. The highest BCUT2D eigenvalue weighted by molar-refractivity contribution is 5.69. The molecule has 0 bridgehead atoms. The smallest absolute Gasteiger partial charge is 0.201 e. The first kappa shape index (κ1) is 8.79. The number of nitrogens with zero attached hydrogens (tertiary/aromatic N) is 3. The van der Waals surface area contributed by atoms with Crippen LogP contribution in [-0.4, -0.2) is 32.1 Å². The van der Waals surface area contributed by atoms with Crippen LogP contribution in [0.5, 0.6) is 0 Å². The van der Waals surface area contributed by atoms with Crippen molar-refractivity contribution in [3.8, 4) is 0 Å². The minimum absolute atomic E-state index is 0.0693. The van der Waals surface area contributed by atoms with Crippen LogP contribution in [0.4, 0.5) is 0 Å². The van der Waals surface area contributed by atoms with Crippen molar-refractivity contribution in [2.24, 2.45) is 0 Å². The Bertz CT molecular complexity index is 483. The van der Waals surface area contributed by atoms with Crippen LogP contribution >= 0.6 is 0 Å². The second-order valence-corrected chi connectivity index (χ2v) is 4.18. The zero-order valence-electron chi connectivity index (χ0n) is 8.27. The number of pyridine rings is 1. The number of aromatic nitrogens is 4. The summed E-state index contributed by atoms with van der Waals surface area (Å²) >= 11 is 0. The van der Waals surface area contributed by atoms with Crippen LogP contribution in [0.1, 0.15) is 24.8 Å². The molecule has 15 heavy (non-hydrogen) atoms. The van der Waals surface area contributed by atoms with Crippen LogP contribution in [0.2, 0.25) is 0 Å². The molecule has 2 aromatic rings. The van der Waals surface area contributed by atoms with Gasteiger partial charge in [0, 0.05) is 11.6 Å². The van der Waals surface area contributed by atoms with E-state index in [4.69, 9.17) is 0 Å². The van der Waals surface area contributed by atoms with Gasteiger partial charge >= 0.3 is 0 Å². The third-order valence-electron chi connectivity index (χ3n) is 3.40. The van der Waals surface area contributed by atoms with E-state index in [1.807, 2.05) is 6.07 Å². The van der Waals surface area contributed by atoms with Crippen molar-refractivity contribution in [2.45, 2.75) is 24.7 Å². The monoisotopic (exact) mass is 204 g/mol. The molecule has 78 valence electrons. The van der Waals surface area contributed by atoms with Gasteiger partial charge in [-0.05, 0) is 24.5 Å². The first-order valence-corrected chi connectivity index (χ1v) is 5.12. The Labute approximate surface area is 86.5 Å². The molecule has 1 fully saturated rings. The van der Waals surface area contributed by atoms with Crippen LogP contribution in [0.25, 0.3) is 11.2 Å². The Morgan fingerprint density at radius 2 is 2.27 bits per heavy atom. The summed E-state index contributed by atoms with van der Waals surface area (Å²) < 4.78 is 0. The molecule has 1 aliphatic rings. The molecule has 1 aliphatic carbocycles. The van der Waals surface area contributed by atoms with E-state index in [2.05, 4.69) is 20.4 Å². The van der Waals surface area contributed by atoms with Crippen LogP contribution in [0.15, 0.2) is 12.3 Å². The van der Waals surface area contributed by atoms with Gasteiger partial charge in [-0.15, -0.1) is 5.10 Å². The van der Waals surface area contributed by atoms with Gasteiger partial charge in [-0.3, -0.25) is 0 Å². The van der Waals surface area contributed by atoms with Crippen LogP contribution in [0, 0.1) is 0 Å². The highest BCUT2D eigenvalue weighted by atomic mass is 16.3. The lowest BCUT2D eigenvalue weighted by atomic mass is 9.65. The largest absolute Gasteiger partial charge is 0.395 e. The number of aliphatic hydroxyl groups is 1. The zero-order chi connectivity index (χ0) is 10.3. The fraction of sp³-hybridized carbons (Fsp3) is 0.500. The van der Waals surface area contributed by atoms with Crippen LogP contribution in [0.3, 0.4) is 0 Å². The Morgan fingerprint density at radius 3 is 2.93 bits per heavy atom. The van der Waals surface area contributed by atoms with Crippen molar-refractivity contribution in [3.63, 3.8) is 0 Å². The second-order valence-electron chi connectivity index (χ2n) is 4.18. The predicted molar refractivity (Wildman–Crippen MR) is 54.3 cm³/mol. The van der Waals surface area contributed by atoms with Crippen molar-refractivity contribution >= 4 is 11.2 Å². The molecule has 5 heteroatoms. The minimum Gasteiger partial charge on any atom is -0.395 e. The first-order valence-electron chi connectivity index (χ1n) is 5.12. The lowest BCUT2D eigenvalue weighted by Crippen LogP contribution is -2.37. The van der Waals surface area contributed by atoms with Gasteiger partial charge in [0.05, 0.1) is 6.61 Å². The molecule has 0 amide bonds. The summed E-state index contributed by atoms with van der Waals surface area (Å²) in [5, 5.41) is 19.9. The third kappa shape index (κ3) is 1.16. The number of rotatable bonds is 2. The maximum Gasteiger partial charge on any atom is 0.201 e. The Morgan fingerprint density at radius 1 is 1.40 bits per heavy atom. The number of hydrogen-bond donors (Lipinski definition) is 2. The summed E-state index contributed by atoms with van der Waals surface area (Å²) in [4.78, 5) is 4.22. The van der Waals surface area contributed by atoms with Crippen molar-refractivity contribution in [1.82, 2.24) is 20.4 Å². The normalized spacial score (nSPS) is 19.0. The standard InChI is InChI=1S/C10H12N4O/c15-6-10(2-1-3-10)7-4-8-9(11-5-7)13-14-12-8/h4-5,15H,1-3,6H2,(H,11,12,13,14). The van der Waals surface area contributed by atoms with Gasteiger partial charge in [-0.25, -0.2) is 4.98 Å². The number of nitrogens with one attached hydrogen (secondary N) is 1. The molecule has 5 nitrogen and oxygen atoms in total. The average Bonchev–Trinajstić information content (AvgIpc) is 2.64. The van der Waals surface area contributed by atoms with Gasteiger partial charge in [0.25, 0.3) is 0 Å². The van der Waals surface area contributed by atoms with E-state index in [-0.39, 0.29) is 12.0 Å². The Balaban J connectivity index is 2.10. The first-order chi connectivity index (χ1) is 7.34. The zero-order valence-corrected chi connectivity index (χ0v) is 8.27. The van der Waals surface area contributed by atoms with E-state index in [1.54, 1.807) is 6.20 Å². The minimum atomic E-state index is -0.0693. The lowest BCUT2D eigenvalue weighted by molar-refractivity contribution is 0.120. The molecule has 3 rings (SSSR count). The van der Waals surface area contributed by atoms with Gasteiger partial charge in [0.2, 0.25) is 5.65 Å². The molecular weight excluding hydrogens is 192 g/mol. The molecule has 2 aromatic heterocycles. The highest BCUT2D eigenvalue weighted by Gasteiger charge is 2.38. The summed E-state index contributed by atoms with van der Waals surface area (Å²) in [6.07, 6.45) is 5.06. The number of aliphatic hydroxyl groups excluding tert-OH is 1. The fourth-order valence-corrected chi connectivity index (χ4v) is 2.17. The van der Waals surface area contributed by atoms with Crippen LogP contribution in [-0.2, 0) is 5.41 Å². The van der Waals surface area contributed by atoms with Crippen molar-refractivity contribution in [2.75, 3.05) is 6.61 Å². The topological polar surface area (TPSA) is 74.7 Å². The molecule has 0 radical (unpaired) electrons. The molecule has 0 atom stereocenters. The van der Waals surface area contributed by atoms with Gasteiger partial charge in [0.15, 0.2) is 0 Å². The molecule has 0 unspecified atom stereocenters. The maximum atomic E-state index is 9.44. The molecule has 2 N–H and O–H groups in total. The van der Waals surface area contributed by atoms with Crippen LogP contribution < -0.4 is 0 Å². The van der Waals surface area contributed by atoms with Crippen molar-refractivity contribution < 1.29 is 5.11 Å². The van der Waals surface area contributed by atoms with E-state index in [9.17, 15) is 5.11 Å². The van der Waals surface area contributed by atoms with Gasteiger partial charge in [-0.1, -0.05) is 6.42 Å². The maximum absolute atomic E-state index is 9.44. The molecule has 2 heterocycles. The third-order valence-corrected chi connectivity index (χ3v) is 3.40. The highest BCUT2D eigenvalue weighted by Crippen LogP contribution is 2.43. The number of H-pyrrole nitrogens is 1. The van der Waals surface area contributed by atoms with Gasteiger partial charge in [-0.2, -0.15) is 10.3 Å². The van der Waals surface area contributed by atoms with Gasteiger partial charge in [0.1, 0.15) is 5.52 Å². The Hall–Kier alpha value is -1.49. The van der Waals surface area contributed by atoms with E-state index >= 15 is 0 Å². The fourth-order valence-electron chi connectivity index (χ4n) is 2.17. The van der Waals surface area contributed by atoms with Crippen molar-refractivity contribution in [1.29, 1.82) is 0 Å². The van der Waals surface area contributed by atoms with E-state index in [0.29, 0.717) is 5.65 Å². The molecule has 1 saturated carbocycles. The Kier molecular flexibility index (Phi) is 1.76. The SMILES string of the molecule is OCC1(c2cnc3n[nH]nc3c2)CCC1. The van der Waals surface area contributed by atoms with E-state index in [0.717, 1.165) is 23.9 Å². The molecule has 0 aliphatic heterocycles. The molecule has 0 spiro atoms. The number of fused-ring (bicyclic) bond motifs is 1. The summed E-state index contributed by atoms with van der Waals surface area (Å²) in [6, 6.07) is 1.97. The summed E-state index contributed by atoms with van der Waals surface area (Å²) in [5.41, 5.74) is 2.41. The summed E-state index contributed by atoms with van der Waals surface area (Å²) in [5.74, 6) is 0. The molecule has 0 saturated heterocycles. The summed E-state index contributed by atoms with van der Waals surface area (Å²) in [6.45, 7) is 0.192. The summed E-state index contributed by atoms with van der Waals surface area (Å²) in [7, 11) is 0. The number of aromatic amines is 1. The van der Waals surface area contributed by atoms with Crippen molar-refractivity contribution in [3.05, 3.63) is 17.8 Å². The second kappa shape index (κ2) is 3.00. The molecule has 0 aromatic carbocycles. The van der Waals surface area contributed by atoms with Gasteiger partial charge < -0.3 is 5.11 Å². The lowest BCUT2D eigenvalue weighted by Gasteiger charge is -2.40. The number of hydrogen-bond acceptors (Lipinski definition) is 4.